The predicted molar refractivity (Wildman–Crippen MR) is 113 cm³/mol. The number of ether oxygens (including phenoxy) is 2. The molecule has 0 aliphatic heterocycles. The zero-order valence-electron chi connectivity index (χ0n) is 15.2. The van der Waals surface area contributed by atoms with Crippen molar-refractivity contribution < 1.29 is 18.7 Å². The summed E-state index contributed by atoms with van der Waals surface area (Å²) < 4.78 is 16.1. The summed E-state index contributed by atoms with van der Waals surface area (Å²) in [5.74, 6) is 0.575. The second-order valence-corrected chi connectivity index (χ2v) is 7.58. The molecular formula is C20H21IN2O4. The van der Waals surface area contributed by atoms with E-state index in [1.54, 1.807) is 0 Å². The van der Waals surface area contributed by atoms with Gasteiger partial charge in [-0.2, -0.15) is 4.98 Å². The average Bonchev–Trinajstić information content (AvgIpc) is 3.13. The number of carbonyl (C=O) groups is 1. The third-order valence-corrected chi connectivity index (χ3v) is 5.05. The minimum absolute atomic E-state index is 0.190. The van der Waals surface area contributed by atoms with Crippen LogP contribution in [0.5, 0.6) is 5.75 Å². The Balaban J connectivity index is 1.49. The fourth-order valence-electron chi connectivity index (χ4n) is 2.56. The number of hydrogen-bond acceptors (Lipinski definition) is 6. The Morgan fingerprint density at radius 2 is 1.96 bits per heavy atom. The fourth-order valence-corrected chi connectivity index (χ4v) is 3.32. The van der Waals surface area contributed by atoms with Gasteiger partial charge in [-0.05, 0) is 36.2 Å². The monoisotopic (exact) mass is 480 g/mol. The highest BCUT2D eigenvalue weighted by Crippen LogP contribution is 2.21. The number of alkyl halides is 1. The molecule has 27 heavy (non-hydrogen) atoms. The van der Waals surface area contributed by atoms with Crippen LogP contribution in [0.25, 0.3) is 11.1 Å². The summed E-state index contributed by atoms with van der Waals surface area (Å²) in [5, 5.41) is 0. The molecule has 0 aliphatic carbocycles. The van der Waals surface area contributed by atoms with E-state index in [2.05, 4.69) is 27.6 Å². The lowest BCUT2D eigenvalue weighted by molar-refractivity contribution is -0.139. The number of carbonyl (C=O) groups excluding carboxylic acids is 1. The number of anilines is 1. The number of aromatic nitrogens is 1. The van der Waals surface area contributed by atoms with Gasteiger partial charge in [-0.25, -0.2) is 0 Å². The maximum Gasteiger partial charge on any atom is 0.318 e. The molecule has 142 valence electrons. The number of hydrogen-bond donors (Lipinski definition) is 0. The predicted octanol–water partition coefficient (Wildman–Crippen LogP) is 3.86. The maximum atomic E-state index is 11.5. The number of rotatable bonds is 8. The molecular weight excluding hydrogens is 459 g/mol. The van der Waals surface area contributed by atoms with Crippen molar-refractivity contribution in [3.63, 3.8) is 0 Å². The Morgan fingerprint density at radius 3 is 2.67 bits per heavy atom. The van der Waals surface area contributed by atoms with Crippen LogP contribution in [-0.4, -0.2) is 42.2 Å². The van der Waals surface area contributed by atoms with E-state index in [0.717, 1.165) is 22.4 Å². The molecule has 0 radical (unpaired) electrons. The second kappa shape index (κ2) is 9.07. The van der Waals surface area contributed by atoms with Crippen LogP contribution in [0.4, 0.5) is 6.01 Å². The van der Waals surface area contributed by atoms with Crippen LogP contribution in [-0.2, 0) is 16.0 Å². The van der Waals surface area contributed by atoms with Crippen molar-refractivity contribution in [1.29, 1.82) is 0 Å². The first-order valence-electron chi connectivity index (χ1n) is 8.57. The quantitative estimate of drug-likeness (QED) is 0.277. The Morgan fingerprint density at radius 1 is 1.22 bits per heavy atom. The lowest BCUT2D eigenvalue weighted by Crippen LogP contribution is -2.24. The highest BCUT2D eigenvalue weighted by Gasteiger charge is 2.15. The normalized spacial score (nSPS) is 12.0. The number of fused-ring (bicyclic) bond motifs is 1. The van der Waals surface area contributed by atoms with Gasteiger partial charge >= 0.3 is 5.97 Å². The van der Waals surface area contributed by atoms with Gasteiger partial charge in [-0.3, -0.25) is 4.79 Å². The van der Waals surface area contributed by atoms with Gasteiger partial charge in [-0.15, -0.1) is 0 Å². The maximum absolute atomic E-state index is 11.5. The zero-order chi connectivity index (χ0) is 19.2. The number of para-hydroxylation sites is 2. The minimum atomic E-state index is -0.210. The van der Waals surface area contributed by atoms with Crippen LogP contribution in [0.2, 0.25) is 0 Å². The van der Waals surface area contributed by atoms with Gasteiger partial charge in [0.15, 0.2) is 5.58 Å². The third-order valence-electron chi connectivity index (χ3n) is 4.10. The molecule has 2 aromatic carbocycles. The van der Waals surface area contributed by atoms with Crippen LogP contribution in [0.15, 0.2) is 52.9 Å². The minimum Gasteiger partial charge on any atom is -0.492 e. The molecule has 6 nitrogen and oxygen atoms in total. The SMILES string of the molecule is COC(=O)C(I)Cc1ccc(OCCN(C)c2nc3ccccc3o2)cc1. The number of benzene rings is 2. The largest absolute Gasteiger partial charge is 0.492 e. The van der Waals surface area contributed by atoms with Crippen LogP contribution >= 0.6 is 22.6 Å². The summed E-state index contributed by atoms with van der Waals surface area (Å²) in [4.78, 5) is 17.9. The summed E-state index contributed by atoms with van der Waals surface area (Å²) in [6.07, 6.45) is 0.633. The van der Waals surface area contributed by atoms with E-state index in [0.29, 0.717) is 25.6 Å². The van der Waals surface area contributed by atoms with Gasteiger partial charge < -0.3 is 18.8 Å². The van der Waals surface area contributed by atoms with E-state index in [4.69, 9.17) is 13.9 Å². The van der Waals surface area contributed by atoms with E-state index < -0.39 is 0 Å². The molecule has 0 N–H and O–H groups in total. The highest BCUT2D eigenvalue weighted by atomic mass is 127. The summed E-state index contributed by atoms with van der Waals surface area (Å²) in [5.41, 5.74) is 2.68. The Kier molecular flexibility index (Phi) is 6.54. The first-order valence-corrected chi connectivity index (χ1v) is 9.81. The number of halogens is 1. The first kappa shape index (κ1) is 19.5. The van der Waals surface area contributed by atoms with E-state index in [9.17, 15) is 4.79 Å². The number of likely N-dealkylation sites (N-methyl/N-ethyl adjacent to an activating group) is 1. The molecule has 0 amide bonds. The van der Waals surface area contributed by atoms with Crippen molar-refractivity contribution in [1.82, 2.24) is 4.98 Å². The molecule has 7 heteroatoms. The Bertz CT molecular complexity index is 861. The molecule has 0 fully saturated rings. The van der Waals surface area contributed by atoms with E-state index in [1.165, 1.54) is 7.11 Å². The molecule has 0 aliphatic rings. The molecule has 1 unspecified atom stereocenters. The van der Waals surface area contributed by atoms with Gasteiger partial charge in [0.25, 0.3) is 6.01 Å². The number of methoxy groups -OCH3 is 1. The van der Waals surface area contributed by atoms with Crippen molar-refractivity contribution in [3.8, 4) is 5.75 Å². The average molecular weight is 480 g/mol. The van der Waals surface area contributed by atoms with Crippen LogP contribution in [0, 0.1) is 0 Å². The molecule has 3 aromatic rings. The Labute approximate surface area is 171 Å². The fraction of sp³-hybridized carbons (Fsp3) is 0.300. The lowest BCUT2D eigenvalue weighted by atomic mass is 10.1. The van der Waals surface area contributed by atoms with Gasteiger partial charge in [-0.1, -0.05) is 46.9 Å². The van der Waals surface area contributed by atoms with Crippen molar-refractivity contribution in [2.45, 2.75) is 10.3 Å². The van der Waals surface area contributed by atoms with Crippen molar-refractivity contribution in [2.75, 3.05) is 32.2 Å². The van der Waals surface area contributed by atoms with Gasteiger partial charge in [0, 0.05) is 7.05 Å². The summed E-state index contributed by atoms with van der Waals surface area (Å²) >= 11 is 2.09. The molecule has 1 atom stereocenters. The topological polar surface area (TPSA) is 64.8 Å². The van der Waals surface area contributed by atoms with Gasteiger partial charge in [0.2, 0.25) is 0 Å². The Hall–Kier alpha value is -2.29. The first-order chi connectivity index (χ1) is 13.1. The summed E-state index contributed by atoms with van der Waals surface area (Å²) in [6, 6.07) is 16.0. The molecule has 0 saturated heterocycles. The molecule has 0 saturated carbocycles. The zero-order valence-corrected chi connectivity index (χ0v) is 17.4. The smallest absolute Gasteiger partial charge is 0.318 e. The second-order valence-electron chi connectivity index (χ2n) is 6.07. The number of oxazole rings is 1. The van der Waals surface area contributed by atoms with Gasteiger partial charge in [0.1, 0.15) is 21.8 Å². The molecule has 1 aromatic heterocycles. The van der Waals surface area contributed by atoms with Crippen molar-refractivity contribution in [3.05, 3.63) is 54.1 Å². The van der Waals surface area contributed by atoms with Crippen LogP contribution < -0.4 is 9.64 Å². The third kappa shape index (κ3) is 5.12. The molecule has 1 heterocycles. The molecule has 0 bridgehead atoms. The van der Waals surface area contributed by atoms with Crippen LogP contribution in [0.3, 0.4) is 0 Å². The lowest BCUT2D eigenvalue weighted by Gasteiger charge is -2.15. The van der Waals surface area contributed by atoms with Crippen molar-refractivity contribution in [2.24, 2.45) is 0 Å². The van der Waals surface area contributed by atoms with Crippen LogP contribution in [0.1, 0.15) is 5.56 Å². The summed E-state index contributed by atoms with van der Waals surface area (Å²) in [7, 11) is 3.33. The van der Waals surface area contributed by atoms with Gasteiger partial charge in [0.05, 0.1) is 13.7 Å². The standard InChI is InChI=1S/C20H21IN2O4/c1-23(20-22-17-5-3-4-6-18(17)27-20)11-12-26-15-9-7-14(8-10-15)13-16(21)19(24)25-2/h3-10,16H,11-13H2,1-2H3. The number of nitrogens with zero attached hydrogens (tertiary/aromatic N) is 2. The van der Waals surface area contributed by atoms with E-state index >= 15 is 0 Å². The molecule has 0 spiro atoms. The number of esters is 1. The highest BCUT2D eigenvalue weighted by molar-refractivity contribution is 14.1. The molecule has 3 rings (SSSR count). The summed E-state index contributed by atoms with van der Waals surface area (Å²) in [6.45, 7) is 1.15. The van der Waals surface area contributed by atoms with E-state index in [-0.39, 0.29) is 9.89 Å². The van der Waals surface area contributed by atoms with Crippen molar-refractivity contribution >= 4 is 45.7 Å². The van der Waals surface area contributed by atoms with E-state index in [1.807, 2.05) is 60.5 Å².